The summed E-state index contributed by atoms with van der Waals surface area (Å²) in [6.07, 6.45) is -2.52. The van der Waals surface area contributed by atoms with E-state index < -0.39 is 30.3 Å². The first kappa shape index (κ1) is 23.6. The number of piperidine rings is 1. The van der Waals surface area contributed by atoms with Crippen molar-refractivity contribution in [3.05, 3.63) is 35.4 Å². The molecule has 0 saturated carbocycles. The van der Waals surface area contributed by atoms with Crippen LogP contribution in [0.5, 0.6) is 0 Å². The number of ether oxygens (including phenoxy) is 2. The van der Waals surface area contributed by atoms with Crippen LogP contribution < -0.4 is 15.1 Å². The van der Waals surface area contributed by atoms with Crippen molar-refractivity contribution < 1.29 is 27.8 Å². The molecule has 2 saturated heterocycles. The molecule has 2 heterocycles. The number of nitrogens with zero attached hydrogens (tertiary/aromatic N) is 3. The van der Waals surface area contributed by atoms with Crippen molar-refractivity contribution in [1.29, 1.82) is 0 Å². The van der Waals surface area contributed by atoms with E-state index in [9.17, 15) is 18.4 Å². The van der Waals surface area contributed by atoms with E-state index in [0.29, 0.717) is 18.7 Å². The number of cyclic esters (lactones) is 1. The molecule has 10 heteroatoms. The summed E-state index contributed by atoms with van der Waals surface area (Å²) in [5, 5.41) is 2.55. The highest BCUT2D eigenvalue weighted by Gasteiger charge is 2.35. The molecule has 3 atom stereocenters. The number of carbonyl (C=O) groups excluding carboxylic acids is 2. The molecule has 1 aromatic rings. The van der Waals surface area contributed by atoms with Gasteiger partial charge in [-0.2, -0.15) is 0 Å². The summed E-state index contributed by atoms with van der Waals surface area (Å²) in [5.74, 6) is -0.678. The van der Waals surface area contributed by atoms with E-state index in [0.717, 1.165) is 0 Å². The van der Waals surface area contributed by atoms with Crippen molar-refractivity contribution in [1.82, 2.24) is 5.32 Å². The van der Waals surface area contributed by atoms with E-state index in [1.54, 1.807) is 11.0 Å². The number of halogens is 2. The molecule has 174 valence electrons. The zero-order chi connectivity index (χ0) is 23.3. The minimum atomic E-state index is -1.19. The number of hydrogen-bond acceptors (Lipinski definition) is 5. The summed E-state index contributed by atoms with van der Waals surface area (Å²) < 4.78 is 39.4. The summed E-state index contributed by atoms with van der Waals surface area (Å²) in [7, 11) is 0. The molecule has 1 N–H and O–H groups in total. The topological polar surface area (TPSA) is 75.5 Å². The predicted octanol–water partition coefficient (Wildman–Crippen LogP) is 3.62. The van der Waals surface area contributed by atoms with E-state index in [4.69, 9.17) is 16.0 Å². The van der Waals surface area contributed by atoms with Gasteiger partial charge in [-0.1, -0.05) is 13.8 Å². The molecule has 0 spiro atoms. The number of hydrogen-bond donors (Lipinski definition) is 1. The van der Waals surface area contributed by atoms with Crippen LogP contribution in [0.3, 0.4) is 0 Å². The maximum atomic E-state index is 14.8. The first-order valence-electron chi connectivity index (χ1n) is 10.7. The van der Waals surface area contributed by atoms with Crippen molar-refractivity contribution in [3.8, 4) is 0 Å². The second-order valence-electron chi connectivity index (χ2n) is 8.48. The van der Waals surface area contributed by atoms with Gasteiger partial charge >= 0.3 is 12.2 Å². The molecule has 2 aliphatic rings. The zero-order valence-electron chi connectivity index (χ0n) is 18.2. The van der Waals surface area contributed by atoms with E-state index >= 15 is 0 Å². The number of rotatable bonds is 7. The number of carbonyl (C=O) groups is 2. The van der Waals surface area contributed by atoms with Crippen molar-refractivity contribution in [2.24, 2.45) is 11.8 Å². The highest BCUT2D eigenvalue weighted by molar-refractivity contribution is 5.90. The van der Waals surface area contributed by atoms with Crippen LogP contribution in [0, 0.1) is 24.2 Å². The van der Waals surface area contributed by atoms with Crippen LogP contribution in [0.25, 0.3) is 4.85 Å². The summed E-state index contributed by atoms with van der Waals surface area (Å²) in [6.45, 7) is 11.9. The zero-order valence-corrected chi connectivity index (χ0v) is 18.2. The highest BCUT2D eigenvalue weighted by Crippen LogP contribution is 2.31. The van der Waals surface area contributed by atoms with E-state index in [1.807, 2.05) is 13.8 Å². The lowest BCUT2D eigenvalue weighted by molar-refractivity contribution is 0.118. The standard InChI is InChI=1S/C22H28F2N4O4/c1-14(2)13-31-21(29)26-10-17-11-28(22(30)32-17)16-4-5-20(18(23)8-16)27-7-6-15(9-25-3)19(24)12-27/h4-5,8,14-15,17,19H,6-7,9-13H2,1-2H3,(H,26,29)/t15?,17-,19?/m0/s1. The number of anilines is 2. The second kappa shape index (κ2) is 10.5. The third-order valence-electron chi connectivity index (χ3n) is 5.48. The Kier molecular flexibility index (Phi) is 7.72. The lowest BCUT2D eigenvalue weighted by Crippen LogP contribution is -2.43. The van der Waals surface area contributed by atoms with Crippen LogP contribution in [0.15, 0.2) is 18.2 Å². The Hall–Kier alpha value is -3.09. The van der Waals surface area contributed by atoms with Gasteiger partial charge in [0.1, 0.15) is 18.1 Å². The Morgan fingerprint density at radius 1 is 1.41 bits per heavy atom. The molecule has 0 aliphatic carbocycles. The summed E-state index contributed by atoms with van der Waals surface area (Å²) in [5.41, 5.74) is 0.581. The van der Waals surface area contributed by atoms with Gasteiger partial charge in [-0.25, -0.2) is 24.9 Å². The van der Waals surface area contributed by atoms with E-state index in [1.165, 1.54) is 17.0 Å². The van der Waals surface area contributed by atoms with Crippen LogP contribution in [0.1, 0.15) is 20.3 Å². The van der Waals surface area contributed by atoms with Crippen LogP contribution in [0.2, 0.25) is 0 Å². The highest BCUT2D eigenvalue weighted by atomic mass is 19.1. The lowest BCUT2D eigenvalue weighted by atomic mass is 9.94. The molecule has 32 heavy (non-hydrogen) atoms. The van der Waals surface area contributed by atoms with Gasteiger partial charge in [0.15, 0.2) is 0 Å². The molecule has 8 nitrogen and oxygen atoms in total. The van der Waals surface area contributed by atoms with Gasteiger partial charge < -0.3 is 24.5 Å². The van der Waals surface area contributed by atoms with Gasteiger partial charge in [-0.15, -0.1) is 0 Å². The van der Waals surface area contributed by atoms with Crippen LogP contribution >= 0.6 is 0 Å². The molecule has 2 amide bonds. The van der Waals surface area contributed by atoms with Gasteiger partial charge in [0.2, 0.25) is 6.54 Å². The molecule has 0 radical (unpaired) electrons. The largest absolute Gasteiger partial charge is 0.449 e. The molecule has 2 fully saturated rings. The smallest absolute Gasteiger partial charge is 0.414 e. The van der Waals surface area contributed by atoms with Gasteiger partial charge in [-0.3, -0.25) is 4.90 Å². The monoisotopic (exact) mass is 450 g/mol. The third-order valence-corrected chi connectivity index (χ3v) is 5.48. The summed E-state index contributed by atoms with van der Waals surface area (Å²) in [6, 6.07) is 4.33. The van der Waals surface area contributed by atoms with Gasteiger partial charge in [0.25, 0.3) is 0 Å². The van der Waals surface area contributed by atoms with Crippen LogP contribution in [-0.2, 0) is 9.47 Å². The van der Waals surface area contributed by atoms with Crippen molar-refractivity contribution in [2.45, 2.75) is 32.5 Å². The maximum Gasteiger partial charge on any atom is 0.414 e. The quantitative estimate of drug-likeness (QED) is 0.643. The Morgan fingerprint density at radius 2 is 2.19 bits per heavy atom. The molecule has 1 aromatic carbocycles. The molecular weight excluding hydrogens is 422 g/mol. The second-order valence-corrected chi connectivity index (χ2v) is 8.48. The summed E-state index contributed by atoms with van der Waals surface area (Å²) in [4.78, 5) is 30.1. The molecular formula is C22H28F2N4O4. The SMILES string of the molecule is [C-]#[N+]CC1CCN(c2ccc(N3C[C@H](CNC(=O)OCC(C)C)OC3=O)cc2F)CC1F. The van der Waals surface area contributed by atoms with E-state index in [2.05, 4.69) is 10.2 Å². The normalized spacial score (nSPS) is 23.1. The average molecular weight is 450 g/mol. The molecule has 0 aromatic heterocycles. The van der Waals surface area contributed by atoms with Crippen molar-refractivity contribution >= 4 is 23.6 Å². The fraction of sp³-hybridized carbons (Fsp3) is 0.591. The minimum Gasteiger partial charge on any atom is -0.449 e. The minimum absolute atomic E-state index is 0.0306. The Balaban J connectivity index is 1.57. The maximum absolute atomic E-state index is 14.8. The Bertz CT molecular complexity index is 876. The Labute approximate surface area is 186 Å². The number of benzene rings is 1. The summed E-state index contributed by atoms with van der Waals surface area (Å²) >= 11 is 0. The van der Waals surface area contributed by atoms with E-state index in [-0.39, 0.29) is 50.3 Å². The average Bonchev–Trinajstić information content (AvgIpc) is 3.13. The fourth-order valence-corrected chi connectivity index (χ4v) is 3.74. The third kappa shape index (κ3) is 5.78. The molecule has 2 aliphatic heterocycles. The van der Waals surface area contributed by atoms with Gasteiger partial charge in [-0.05, 0) is 30.5 Å². The number of nitrogens with one attached hydrogen (secondary N) is 1. The first-order valence-corrected chi connectivity index (χ1v) is 10.7. The Morgan fingerprint density at radius 3 is 2.84 bits per heavy atom. The van der Waals surface area contributed by atoms with Crippen molar-refractivity contribution in [2.75, 3.05) is 49.1 Å². The van der Waals surface area contributed by atoms with Crippen molar-refractivity contribution in [3.63, 3.8) is 0 Å². The predicted molar refractivity (Wildman–Crippen MR) is 115 cm³/mol. The lowest BCUT2D eigenvalue weighted by Gasteiger charge is -2.34. The fourth-order valence-electron chi connectivity index (χ4n) is 3.74. The number of alkyl carbamates (subject to hydrolysis) is 1. The number of amides is 2. The van der Waals surface area contributed by atoms with Gasteiger partial charge in [0, 0.05) is 13.1 Å². The molecule has 0 bridgehead atoms. The first-order chi connectivity index (χ1) is 15.3. The molecule has 3 rings (SSSR count). The van der Waals surface area contributed by atoms with Crippen LogP contribution in [0.4, 0.5) is 29.7 Å². The van der Waals surface area contributed by atoms with Gasteiger partial charge in [0.05, 0.1) is 37.0 Å². The number of alkyl halides is 1. The van der Waals surface area contributed by atoms with Crippen LogP contribution in [-0.4, -0.2) is 63.8 Å². The molecule has 2 unspecified atom stereocenters.